The SMILES string of the molecule is CC1(C)c2ccccc2-c2ccc3c(c21)c1nc(-c2ccccc2)ncc1n3-c1ccc(-c2ccc3ccccc3c2)cc1. The molecule has 0 fully saturated rings. The van der Waals surface area contributed by atoms with E-state index in [0.717, 1.165) is 33.6 Å². The van der Waals surface area contributed by atoms with Crippen LogP contribution < -0.4 is 0 Å². The topological polar surface area (TPSA) is 30.7 Å². The summed E-state index contributed by atoms with van der Waals surface area (Å²) in [5.41, 5.74) is 12.8. The summed E-state index contributed by atoms with van der Waals surface area (Å²) in [5.74, 6) is 0.745. The Balaban J connectivity index is 1.29. The van der Waals surface area contributed by atoms with Gasteiger partial charge in [-0.15, -0.1) is 0 Å². The fraction of sp³-hybridized carbons (Fsp3) is 0.0732. The van der Waals surface area contributed by atoms with E-state index in [9.17, 15) is 0 Å². The molecule has 2 heterocycles. The van der Waals surface area contributed by atoms with Crippen LogP contribution in [0.4, 0.5) is 0 Å². The van der Waals surface area contributed by atoms with E-state index in [1.807, 2.05) is 24.4 Å². The highest BCUT2D eigenvalue weighted by Gasteiger charge is 2.38. The molecule has 2 aromatic heterocycles. The summed E-state index contributed by atoms with van der Waals surface area (Å²) in [6.45, 7) is 4.69. The predicted molar refractivity (Wildman–Crippen MR) is 182 cm³/mol. The third-order valence-corrected chi connectivity index (χ3v) is 9.43. The average Bonchev–Trinajstić information content (AvgIpc) is 3.53. The van der Waals surface area contributed by atoms with Crippen LogP contribution >= 0.6 is 0 Å². The van der Waals surface area contributed by atoms with Crippen molar-refractivity contribution in [2.75, 3.05) is 0 Å². The van der Waals surface area contributed by atoms with Crippen LogP contribution in [0.15, 0.2) is 140 Å². The Morgan fingerprint density at radius 2 is 1.30 bits per heavy atom. The molecule has 0 unspecified atom stereocenters. The van der Waals surface area contributed by atoms with Crippen LogP contribution in [0.1, 0.15) is 25.0 Å². The van der Waals surface area contributed by atoms with Crippen LogP contribution in [0, 0.1) is 0 Å². The van der Waals surface area contributed by atoms with E-state index >= 15 is 0 Å². The van der Waals surface area contributed by atoms with E-state index in [-0.39, 0.29) is 5.41 Å². The number of nitrogens with zero attached hydrogens (tertiary/aromatic N) is 3. The molecular formula is C41H29N3. The standard InChI is InChI=1S/C41H29N3/c1-41(2)34-15-9-8-14-32(34)33-22-23-35-37(38(33)41)39-36(25-42-40(43-39)28-11-4-3-5-12-28)44(35)31-20-18-27(19-21-31)30-17-16-26-10-6-7-13-29(26)24-30/h3-25H,1-2H3. The molecule has 9 rings (SSSR count). The van der Waals surface area contributed by atoms with Crippen molar-refractivity contribution in [3.8, 4) is 39.3 Å². The van der Waals surface area contributed by atoms with Crippen molar-refractivity contribution in [3.05, 3.63) is 151 Å². The van der Waals surface area contributed by atoms with Gasteiger partial charge in [-0.1, -0.05) is 123 Å². The van der Waals surface area contributed by atoms with Crippen LogP contribution in [-0.2, 0) is 5.41 Å². The molecule has 8 aromatic rings. The van der Waals surface area contributed by atoms with Gasteiger partial charge in [0, 0.05) is 22.1 Å². The quantitative estimate of drug-likeness (QED) is 0.214. The van der Waals surface area contributed by atoms with E-state index in [2.05, 4.69) is 134 Å². The molecule has 44 heavy (non-hydrogen) atoms. The fourth-order valence-corrected chi connectivity index (χ4v) is 7.32. The molecule has 0 spiro atoms. The van der Waals surface area contributed by atoms with Gasteiger partial charge in [-0.3, -0.25) is 0 Å². The van der Waals surface area contributed by atoms with Crippen LogP contribution in [0.2, 0.25) is 0 Å². The highest BCUT2D eigenvalue weighted by molar-refractivity contribution is 6.12. The Bertz CT molecular complexity index is 2400. The summed E-state index contributed by atoms with van der Waals surface area (Å²) in [4.78, 5) is 10.2. The van der Waals surface area contributed by atoms with Crippen LogP contribution in [0.3, 0.4) is 0 Å². The second-order valence-electron chi connectivity index (χ2n) is 12.3. The van der Waals surface area contributed by atoms with Gasteiger partial charge in [0.1, 0.15) is 5.52 Å². The molecule has 208 valence electrons. The second kappa shape index (κ2) is 9.23. The predicted octanol–water partition coefficient (Wildman–Crippen LogP) is 10.4. The summed E-state index contributed by atoms with van der Waals surface area (Å²) in [7, 11) is 0. The number of aromatic nitrogens is 3. The van der Waals surface area contributed by atoms with Gasteiger partial charge in [0.2, 0.25) is 0 Å². The van der Waals surface area contributed by atoms with Gasteiger partial charge in [-0.05, 0) is 68.4 Å². The number of hydrogen-bond donors (Lipinski definition) is 0. The van der Waals surface area contributed by atoms with Crippen LogP contribution in [0.25, 0.3) is 72.0 Å². The van der Waals surface area contributed by atoms with Gasteiger partial charge in [0.05, 0.1) is 17.2 Å². The molecule has 0 saturated heterocycles. The van der Waals surface area contributed by atoms with E-state index in [4.69, 9.17) is 9.97 Å². The van der Waals surface area contributed by atoms with Gasteiger partial charge < -0.3 is 4.57 Å². The first-order valence-electron chi connectivity index (χ1n) is 15.2. The van der Waals surface area contributed by atoms with Crippen LogP contribution in [0.5, 0.6) is 0 Å². The minimum absolute atomic E-state index is 0.164. The zero-order chi connectivity index (χ0) is 29.4. The van der Waals surface area contributed by atoms with Gasteiger partial charge in [-0.2, -0.15) is 0 Å². The maximum Gasteiger partial charge on any atom is 0.159 e. The normalized spacial score (nSPS) is 13.4. The lowest BCUT2D eigenvalue weighted by molar-refractivity contribution is 0.666. The molecule has 0 atom stereocenters. The third-order valence-electron chi connectivity index (χ3n) is 9.43. The van der Waals surface area contributed by atoms with E-state index in [1.165, 1.54) is 49.5 Å². The summed E-state index contributed by atoms with van der Waals surface area (Å²) in [5, 5.41) is 3.71. The first-order chi connectivity index (χ1) is 21.6. The lowest BCUT2D eigenvalue weighted by Gasteiger charge is -2.22. The van der Waals surface area contributed by atoms with Gasteiger partial charge >= 0.3 is 0 Å². The molecule has 1 aliphatic carbocycles. The first-order valence-corrected chi connectivity index (χ1v) is 15.2. The molecule has 0 amide bonds. The number of rotatable bonds is 3. The lowest BCUT2D eigenvalue weighted by atomic mass is 9.81. The summed E-state index contributed by atoms with van der Waals surface area (Å²) in [6.07, 6.45) is 2.00. The lowest BCUT2D eigenvalue weighted by Crippen LogP contribution is -2.15. The van der Waals surface area contributed by atoms with E-state index < -0.39 is 0 Å². The number of hydrogen-bond acceptors (Lipinski definition) is 2. The highest BCUT2D eigenvalue weighted by atomic mass is 15.0. The Kier molecular flexibility index (Phi) is 5.24. The first kappa shape index (κ1) is 25.0. The zero-order valence-electron chi connectivity index (χ0n) is 24.6. The molecule has 3 nitrogen and oxygen atoms in total. The summed E-state index contributed by atoms with van der Waals surface area (Å²) < 4.78 is 2.34. The molecule has 3 heteroatoms. The number of fused-ring (bicyclic) bond motifs is 8. The van der Waals surface area contributed by atoms with Gasteiger partial charge in [-0.25, -0.2) is 9.97 Å². The summed E-state index contributed by atoms with van der Waals surface area (Å²) in [6, 6.07) is 47.8. The Morgan fingerprint density at radius 1 is 0.568 bits per heavy atom. The zero-order valence-corrected chi connectivity index (χ0v) is 24.6. The molecule has 0 aliphatic heterocycles. The summed E-state index contributed by atoms with van der Waals surface area (Å²) >= 11 is 0. The van der Waals surface area contributed by atoms with Crippen molar-refractivity contribution >= 4 is 32.7 Å². The van der Waals surface area contributed by atoms with Crippen LogP contribution in [-0.4, -0.2) is 14.5 Å². The van der Waals surface area contributed by atoms with Crippen molar-refractivity contribution in [2.45, 2.75) is 19.3 Å². The molecule has 0 bridgehead atoms. The Morgan fingerprint density at radius 3 is 2.14 bits per heavy atom. The maximum atomic E-state index is 5.29. The molecule has 0 saturated carbocycles. The molecule has 6 aromatic carbocycles. The monoisotopic (exact) mass is 563 g/mol. The van der Waals surface area contributed by atoms with E-state index in [1.54, 1.807) is 0 Å². The Labute approximate surface area is 256 Å². The van der Waals surface area contributed by atoms with Gasteiger partial charge in [0.15, 0.2) is 5.82 Å². The van der Waals surface area contributed by atoms with Crippen molar-refractivity contribution in [2.24, 2.45) is 0 Å². The largest absolute Gasteiger partial charge is 0.306 e. The minimum Gasteiger partial charge on any atom is -0.306 e. The average molecular weight is 564 g/mol. The maximum absolute atomic E-state index is 5.29. The van der Waals surface area contributed by atoms with Crippen molar-refractivity contribution in [1.29, 1.82) is 0 Å². The molecule has 0 N–H and O–H groups in total. The van der Waals surface area contributed by atoms with Crippen molar-refractivity contribution in [3.63, 3.8) is 0 Å². The molecular weight excluding hydrogens is 534 g/mol. The fourth-order valence-electron chi connectivity index (χ4n) is 7.32. The number of benzene rings is 6. The smallest absolute Gasteiger partial charge is 0.159 e. The molecule has 0 radical (unpaired) electrons. The van der Waals surface area contributed by atoms with Gasteiger partial charge in [0.25, 0.3) is 0 Å². The third kappa shape index (κ3) is 3.56. The molecule has 1 aliphatic rings. The highest BCUT2D eigenvalue weighted by Crippen LogP contribution is 2.53. The second-order valence-corrected chi connectivity index (χ2v) is 12.3. The van der Waals surface area contributed by atoms with Crippen molar-refractivity contribution < 1.29 is 0 Å². The van der Waals surface area contributed by atoms with Crippen molar-refractivity contribution in [1.82, 2.24) is 14.5 Å². The minimum atomic E-state index is -0.164. The Hall–Kier alpha value is -5.54. The van der Waals surface area contributed by atoms with E-state index in [0.29, 0.717) is 0 Å².